The zero-order chi connectivity index (χ0) is 34.8. The van der Waals surface area contributed by atoms with Crippen LogP contribution in [-0.2, 0) is 19.8 Å². The Kier molecular flexibility index (Phi) is 9.56. The zero-order valence-corrected chi connectivity index (χ0v) is 28.6. The van der Waals surface area contributed by atoms with Crippen molar-refractivity contribution < 1.29 is 22.3 Å². The number of aryl methyl sites for hydroxylation is 2. The molecule has 13 nitrogen and oxygen atoms in total. The first-order chi connectivity index (χ1) is 22.6. The standard InChI is InChI=1S/C34H38N8O5S/c1-23-11-13-26(14-12-23)41-31(21-29(38-41)34(3,4)5)42(47-48(6,45)46)33(44)37-28-15-16-30(36-24(28)2)39-17-19-40(20-18-39)32(43)27-10-8-7-9-25(27)22-35/h7-16,21H,17-20H2,1-6H3,(H,37,44). The normalized spacial score (nSPS) is 13.6. The number of rotatable bonds is 7. The van der Waals surface area contributed by atoms with E-state index in [0.29, 0.717) is 70.9 Å². The van der Waals surface area contributed by atoms with E-state index in [1.54, 1.807) is 54.3 Å². The summed E-state index contributed by atoms with van der Waals surface area (Å²) in [5.41, 5.74) is 3.39. The molecule has 0 atom stereocenters. The largest absolute Gasteiger partial charge is 0.353 e. The molecule has 48 heavy (non-hydrogen) atoms. The van der Waals surface area contributed by atoms with Gasteiger partial charge in [-0.2, -0.15) is 18.8 Å². The minimum absolute atomic E-state index is 0.0961. The number of hydrogen-bond donors (Lipinski definition) is 1. The number of nitriles is 1. The zero-order valence-electron chi connectivity index (χ0n) is 27.8. The van der Waals surface area contributed by atoms with Crippen molar-refractivity contribution in [2.75, 3.05) is 47.7 Å². The molecule has 0 saturated carbocycles. The molecule has 0 bridgehead atoms. The fraction of sp³-hybridized carbons (Fsp3) is 0.324. The summed E-state index contributed by atoms with van der Waals surface area (Å²) in [7, 11) is -4.15. The smallest absolute Gasteiger partial charge is 0.353 e. The van der Waals surface area contributed by atoms with E-state index in [-0.39, 0.29) is 11.7 Å². The molecule has 1 N–H and O–H groups in total. The van der Waals surface area contributed by atoms with Gasteiger partial charge in [0.05, 0.1) is 46.2 Å². The van der Waals surface area contributed by atoms with Crippen LogP contribution in [0.3, 0.4) is 0 Å². The van der Waals surface area contributed by atoms with Crippen molar-refractivity contribution in [1.29, 1.82) is 5.26 Å². The third-order valence-electron chi connectivity index (χ3n) is 7.82. The van der Waals surface area contributed by atoms with E-state index in [1.807, 2.05) is 56.9 Å². The van der Waals surface area contributed by atoms with Gasteiger partial charge in [-0.1, -0.05) is 50.6 Å². The first-order valence-electron chi connectivity index (χ1n) is 15.3. The van der Waals surface area contributed by atoms with Crippen molar-refractivity contribution in [3.63, 3.8) is 0 Å². The minimum atomic E-state index is -4.15. The van der Waals surface area contributed by atoms with Crippen LogP contribution in [0.4, 0.5) is 22.1 Å². The highest BCUT2D eigenvalue weighted by Crippen LogP contribution is 2.30. The maximum absolute atomic E-state index is 13.8. The summed E-state index contributed by atoms with van der Waals surface area (Å²) in [5, 5.41) is 17.5. The number of hydrogen-bond acceptors (Lipinski definition) is 9. The number of carbonyl (C=O) groups excluding carboxylic acids is 2. The molecule has 2 aromatic heterocycles. The van der Waals surface area contributed by atoms with Gasteiger partial charge in [-0.3, -0.25) is 4.79 Å². The van der Waals surface area contributed by atoms with Crippen molar-refractivity contribution in [3.05, 3.63) is 94.8 Å². The van der Waals surface area contributed by atoms with E-state index in [4.69, 9.17) is 14.4 Å². The molecule has 3 heterocycles. The summed E-state index contributed by atoms with van der Waals surface area (Å²) in [6.07, 6.45) is 0.863. The number of hydroxylamine groups is 1. The van der Waals surface area contributed by atoms with Gasteiger partial charge in [-0.05, 0) is 50.2 Å². The average Bonchev–Trinajstić information content (AvgIpc) is 3.50. The Hall–Kier alpha value is -5.26. The molecule has 3 amide bonds. The summed E-state index contributed by atoms with van der Waals surface area (Å²) < 4.78 is 31.5. The Bertz CT molecular complexity index is 1990. The molecule has 4 aromatic rings. The van der Waals surface area contributed by atoms with E-state index in [9.17, 15) is 23.3 Å². The van der Waals surface area contributed by atoms with Crippen LogP contribution in [0, 0.1) is 25.2 Å². The second-order valence-corrected chi connectivity index (χ2v) is 14.2. The Labute approximate surface area is 280 Å². The maximum atomic E-state index is 13.8. The average molecular weight is 671 g/mol. The Balaban J connectivity index is 1.36. The van der Waals surface area contributed by atoms with Crippen LogP contribution in [0.15, 0.2) is 66.7 Å². The molecule has 1 fully saturated rings. The van der Waals surface area contributed by atoms with Crippen LogP contribution < -0.4 is 15.3 Å². The Morgan fingerprint density at radius 1 is 0.979 bits per heavy atom. The Morgan fingerprint density at radius 2 is 1.65 bits per heavy atom. The van der Waals surface area contributed by atoms with Gasteiger partial charge in [-0.25, -0.2) is 14.5 Å². The molecule has 5 rings (SSSR count). The summed E-state index contributed by atoms with van der Waals surface area (Å²) >= 11 is 0. The van der Waals surface area contributed by atoms with Crippen LogP contribution in [0.2, 0.25) is 0 Å². The van der Waals surface area contributed by atoms with Gasteiger partial charge in [0.25, 0.3) is 16.0 Å². The SMILES string of the molecule is Cc1ccc(-n2nc(C(C)(C)C)cc2N(OS(C)(=O)=O)C(=O)Nc2ccc(N3CCN(C(=O)c4ccccc4C#N)CC3)nc2C)cc1. The summed E-state index contributed by atoms with van der Waals surface area (Å²) in [6.45, 7) is 11.5. The van der Waals surface area contributed by atoms with Gasteiger partial charge in [-0.15, -0.1) is 9.35 Å². The minimum Gasteiger partial charge on any atom is -0.353 e. The van der Waals surface area contributed by atoms with Crippen LogP contribution in [0.25, 0.3) is 5.69 Å². The van der Waals surface area contributed by atoms with Crippen LogP contribution in [0.5, 0.6) is 0 Å². The van der Waals surface area contributed by atoms with Crippen LogP contribution in [0.1, 0.15) is 53.6 Å². The third kappa shape index (κ3) is 7.64. The lowest BCUT2D eigenvalue weighted by molar-refractivity contribution is 0.0746. The molecule has 250 valence electrons. The molecule has 2 aromatic carbocycles. The molecule has 14 heteroatoms. The monoisotopic (exact) mass is 670 g/mol. The third-order valence-corrected chi connectivity index (χ3v) is 8.24. The molecule has 0 aliphatic carbocycles. The number of urea groups is 1. The lowest BCUT2D eigenvalue weighted by Gasteiger charge is -2.35. The van der Waals surface area contributed by atoms with Crippen molar-refractivity contribution in [2.45, 2.75) is 40.0 Å². The van der Waals surface area contributed by atoms with Crippen molar-refractivity contribution in [1.82, 2.24) is 19.7 Å². The lowest BCUT2D eigenvalue weighted by Crippen LogP contribution is -2.49. The molecular formula is C34H38N8O5S. The van der Waals surface area contributed by atoms with Crippen molar-refractivity contribution in [2.24, 2.45) is 0 Å². The molecule has 1 aliphatic heterocycles. The number of aromatic nitrogens is 3. The Morgan fingerprint density at radius 3 is 2.25 bits per heavy atom. The highest BCUT2D eigenvalue weighted by atomic mass is 32.2. The molecular weight excluding hydrogens is 632 g/mol. The van der Waals surface area contributed by atoms with Gasteiger partial charge < -0.3 is 15.1 Å². The lowest BCUT2D eigenvalue weighted by atomic mass is 9.92. The highest BCUT2D eigenvalue weighted by molar-refractivity contribution is 7.86. The van der Waals surface area contributed by atoms with Gasteiger partial charge >= 0.3 is 6.03 Å². The molecule has 1 aliphatic rings. The number of benzene rings is 2. The second kappa shape index (κ2) is 13.5. The number of nitrogens with zero attached hydrogens (tertiary/aromatic N) is 7. The summed E-state index contributed by atoms with van der Waals surface area (Å²) in [6, 6.07) is 20.5. The number of amides is 3. The summed E-state index contributed by atoms with van der Waals surface area (Å²) in [5.74, 6) is 0.568. The first kappa shape index (κ1) is 34.1. The van der Waals surface area contributed by atoms with E-state index in [0.717, 1.165) is 11.8 Å². The topological polar surface area (TPSA) is 154 Å². The number of anilines is 3. The van der Waals surface area contributed by atoms with Gasteiger partial charge in [0.2, 0.25) is 0 Å². The second-order valence-electron chi connectivity index (χ2n) is 12.6. The highest BCUT2D eigenvalue weighted by Gasteiger charge is 2.31. The summed E-state index contributed by atoms with van der Waals surface area (Å²) in [4.78, 5) is 35.3. The molecule has 0 spiro atoms. The van der Waals surface area contributed by atoms with Gasteiger partial charge in [0.15, 0.2) is 5.82 Å². The molecule has 0 unspecified atom stereocenters. The van der Waals surface area contributed by atoms with Crippen molar-refractivity contribution in [3.8, 4) is 11.8 Å². The van der Waals surface area contributed by atoms with E-state index < -0.39 is 21.6 Å². The van der Waals surface area contributed by atoms with E-state index >= 15 is 0 Å². The van der Waals surface area contributed by atoms with Crippen molar-refractivity contribution >= 4 is 39.4 Å². The molecule has 1 saturated heterocycles. The number of nitrogens with one attached hydrogen (secondary N) is 1. The first-order valence-corrected chi connectivity index (χ1v) is 17.2. The number of carbonyl (C=O) groups is 2. The maximum Gasteiger partial charge on any atom is 0.353 e. The predicted octanol–water partition coefficient (Wildman–Crippen LogP) is 4.95. The predicted molar refractivity (Wildman–Crippen MR) is 183 cm³/mol. The fourth-order valence-corrected chi connectivity index (χ4v) is 5.58. The molecule has 0 radical (unpaired) electrons. The van der Waals surface area contributed by atoms with Gasteiger partial charge in [0.1, 0.15) is 5.82 Å². The number of piperazine rings is 1. The van der Waals surface area contributed by atoms with Crippen LogP contribution >= 0.6 is 0 Å². The van der Waals surface area contributed by atoms with E-state index in [1.165, 1.54) is 4.68 Å². The van der Waals surface area contributed by atoms with Crippen LogP contribution in [-0.4, -0.2) is 72.5 Å². The van der Waals surface area contributed by atoms with Gasteiger partial charge in [0, 0.05) is 37.7 Å². The number of pyridine rings is 1. The fourth-order valence-electron chi connectivity index (χ4n) is 5.17. The quantitative estimate of drug-likeness (QED) is 0.269. The van der Waals surface area contributed by atoms with E-state index in [2.05, 4.69) is 11.4 Å².